The molecule has 5 nitrogen and oxygen atoms in total. The maximum absolute atomic E-state index is 8.85. The Kier molecular flexibility index (Phi) is 2.27. The fourth-order valence-electron chi connectivity index (χ4n) is 1.84. The molecule has 3 rings (SSSR count). The third kappa shape index (κ3) is 1.52. The Hall–Kier alpha value is -2.74. The Morgan fingerprint density at radius 1 is 1.28 bits per heavy atom. The first-order valence-corrected chi connectivity index (χ1v) is 5.46. The number of aryl methyl sites for hydroxylation is 1. The molecule has 0 radical (unpaired) electrons. The van der Waals surface area contributed by atoms with Gasteiger partial charge in [0.15, 0.2) is 11.5 Å². The summed E-state index contributed by atoms with van der Waals surface area (Å²) in [7, 11) is 0. The highest BCUT2D eigenvalue weighted by atomic mass is 15.2. The van der Waals surface area contributed by atoms with Gasteiger partial charge in [-0.2, -0.15) is 5.26 Å². The molecule has 0 saturated heterocycles. The number of aromatic nitrogens is 4. The van der Waals surface area contributed by atoms with Gasteiger partial charge in [-0.05, 0) is 24.6 Å². The molecular formula is C13H9N5. The van der Waals surface area contributed by atoms with Crippen LogP contribution in [0.15, 0.2) is 36.7 Å². The van der Waals surface area contributed by atoms with Crippen LogP contribution in [0.2, 0.25) is 0 Å². The number of rotatable bonds is 1. The molecule has 0 N–H and O–H groups in total. The molecule has 0 amide bonds. The molecule has 86 valence electrons. The van der Waals surface area contributed by atoms with E-state index < -0.39 is 0 Å². The van der Waals surface area contributed by atoms with Gasteiger partial charge in [-0.15, -0.1) is 10.2 Å². The van der Waals surface area contributed by atoms with Crippen molar-refractivity contribution >= 4 is 5.65 Å². The van der Waals surface area contributed by atoms with Crippen molar-refractivity contribution in [2.24, 2.45) is 0 Å². The van der Waals surface area contributed by atoms with Gasteiger partial charge in [0, 0.05) is 18.5 Å². The van der Waals surface area contributed by atoms with E-state index in [4.69, 9.17) is 5.26 Å². The lowest BCUT2D eigenvalue weighted by molar-refractivity contribution is 1.08. The molecule has 0 aliphatic heterocycles. The van der Waals surface area contributed by atoms with Gasteiger partial charge < -0.3 is 0 Å². The van der Waals surface area contributed by atoms with Gasteiger partial charge >= 0.3 is 0 Å². The van der Waals surface area contributed by atoms with Crippen LogP contribution in [0.4, 0.5) is 0 Å². The third-order valence-electron chi connectivity index (χ3n) is 2.76. The highest BCUT2D eigenvalue weighted by Crippen LogP contribution is 2.19. The highest BCUT2D eigenvalue weighted by molar-refractivity contribution is 5.59. The molecule has 0 aliphatic carbocycles. The molecule has 0 spiro atoms. The van der Waals surface area contributed by atoms with E-state index in [9.17, 15) is 0 Å². The minimum atomic E-state index is 0.569. The topological polar surface area (TPSA) is 66.9 Å². The molecule has 0 fully saturated rings. The number of hydrogen-bond donors (Lipinski definition) is 0. The van der Waals surface area contributed by atoms with Gasteiger partial charge in [-0.3, -0.25) is 9.38 Å². The van der Waals surface area contributed by atoms with Crippen molar-refractivity contribution in [2.75, 3.05) is 0 Å². The molecule has 0 unspecified atom stereocenters. The molecule has 0 aromatic carbocycles. The first-order valence-electron chi connectivity index (χ1n) is 5.46. The summed E-state index contributed by atoms with van der Waals surface area (Å²) in [6.45, 7) is 1.98. The van der Waals surface area contributed by atoms with Crippen LogP contribution < -0.4 is 0 Å². The number of pyridine rings is 2. The SMILES string of the molecule is Cc1cccnc1-c1nnc2cc(C#N)ccn12. The lowest BCUT2D eigenvalue weighted by Gasteiger charge is -2.02. The van der Waals surface area contributed by atoms with Crippen LogP contribution in [0.25, 0.3) is 17.2 Å². The predicted octanol–water partition coefficient (Wildman–Crippen LogP) is 1.97. The fourth-order valence-corrected chi connectivity index (χ4v) is 1.84. The zero-order valence-electron chi connectivity index (χ0n) is 9.70. The number of nitriles is 1. The van der Waals surface area contributed by atoms with Gasteiger partial charge in [0.05, 0.1) is 11.6 Å². The van der Waals surface area contributed by atoms with Crippen LogP contribution in [0.1, 0.15) is 11.1 Å². The minimum absolute atomic E-state index is 0.569. The summed E-state index contributed by atoms with van der Waals surface area (Å²) in [5.74, 6) is 0.688. The molecule has 3 aromatic heterocycles. The Morgan fingerprint density at radius 2 is 2.17 bits per heavy atom. The van der Waals surface area contributed by atoms with Crippen molar-refractivity contribution in [3.63, 3.8) is 0 Å². The van der Waals surface area contributed by atoms with E-state index in [1.165, 1.54) is 0 Å². The summed E-state index contributed by atoms with van der Waals surface area (Å²) >= 11 is 0. The summed E-state index contributed by atoms with van der Waals surface area (Å²) in [5.41, 5.74) is 3.05. The normalized spacial score (nSPS) is 10.4. The van der Waals surface area contributed by atoms with E-state index in [1.807, 2.05) is 23.5 Å². The van der Waals surface area contributed by atoms with Crippen LogP contribution >= 0.6 is 0 Å². The molecule has 3 aromatic rings. The summed E-state index contributed by atoms with van der Waals surface area (Å²) < 4.78 is 1.83. The van der Waals surface area contributed by atoms with E-state index >= 15 is 0 Å². The van der Waals surface area contributed by atoms with Crippen LogP contribution in [-0.4, -0.2) is 19.6 Å². The number of fused-ring (bicyclic) bond motifs is 1. The van der Waals surface area contributed by atoms with Crippen molar-refractivity contribution in [1.29, 1.82) is 5.26 Å². The minimum Gasteiger partial charge on any atom is -0.281 e. The molecular weight excluding hydrogens is 226 g/mol. The second-order valence-corrected chi connectivity index (χ2v) is 3.95. The van der Waals surface area contributed by atoms with Crippen LogP contribution in [0.3, 0.4) is 0 Å². The molecule has 3 heterocycles. The Balaban J connectivity index is 2.26. The Bertz CT molecular complexity index is 766. The smallest absolute Gasteiger partial charge is 0.187 e. The second-order valence-electron chi connectivity index (χ2n) is 3.95. The maximum Gasteiger partial charge on any atom is 0.187 e. The van der Waals surface area contributed by atoms with Crippen molar-refractivity contribution in [3.05, 3.63) is 47.8 Å². The van der Waals surface area contributed by atoms with Crippen molar-refractivity contribution in [2.45, 2.75) is 6.92 Å². The summed E-state index contributed by atoms with van der Waals surface area (Å²) in [4.78, 5) is 4.33. The Labute approximate surface area is 103 Å². The zero-order chi connectivity index (χ0) is 12.5. The summed E-state index contributed by atoms with van der Waals surface area (Å²) in [5, 5.41) is 17.1. The van der Waals surface area contributed by atoms with Crippen LogP contribution in [-0.2, 0) is 0 Å². The first kappa shape index (κ1) is 10.4. The van der Waals surface area contributed by atoms with Crippen molar-refractivity contribution in [1.82, 2.24) is 19.6 Å². The summed E-state index contributed by atoms with van der Waals surface area (Å²) in [6.07, 6.45) is 3.52. The second kappa shape index (κ2) is 3.93. The van der Waals surface area contributed by atoms with Gasteiger partial charge in [-0.1, -0.05) is 6.07 Å². The average molecular weight is 235 g/mol. The molecule has 0 atom stereocenters. The van der Waals surface area contributed by atoms with E-state index in [0.717, 1.165) is 11.3 Å². The lowest BCUT2D eigenvalue weighted by Crippen LogP contribution is -1.94. The van der Waals surface area contributed by atoms with E-state index in [2.05, 4.69) is 21.3 Å². The van der Waals surface area contributed by atoms with Gasteiger partial charge in [0.25, 0.3) is 0 Å². The summed E-state index contributed by atoms with van der Waals surface area (Å²) in [6, 6.07) is 9.38. The van der Waals surface area contributed by atoms with E-state index in [1.54, 1.807) is 24.5 Å². The molecule has 5 heteroatoms. The van der Waals surface area contributed by atoms with Crippen molar-refractivity contribution in [3.8, 4) is 17.6 Å². The largest absolute Gasteiger partial charge is 0.281 e. The van der Waals surface area contributed by atoms with Crippen molar-refractivity contribution < 1.29 is 0 Å². The zero-order valence-corrected chi connectivity index (χ0v) is 9.70. The fraction of sp³-hybridized carbons (Fsp3) is 0.0769. The predicted molar refractivity (Wildman–Crippen MR) is 65.7 cm³/mol. The standard InChI is InChI=1S/C13H9N5/c1-9-3-2-5-15-12(9)13-17-16-11-7-10(8-14)4-6-18(11)13/h2-7H,1H3. The number of hydrogen-bond acceptors (Lipinski definition) is 4. The lowest BCUT2D eigenvalue weighted by atomic mass is 10.2. The first-order chi connectivity index (χ1) is 8.79. The highest BCUT2D eigenvalue weighted by Gasteiger charge is 2.11. The monoisotopic (exact) mass is 235 g/mol. The van der Waals surface area contributed by atoms with Gasteiger partial charge in [0.1, 0.15) is 5.69 Å². The molecule has 18 heavy (non-hydrogen) atoms. The third-order valence-corrected chi connectivity index (χ3v) is 2.76. The van der Waals surface area contributed by atoms with E-state index in [0.29, 0.717) is 17.0 Å². The van der Waals surface area contributed by atoms with Crippen LogP contribution in [0, 0.1) is 18.3 Å². The van der Waals surface area contributed by atoms with Crippen LogP contribution in [0.5, 0.6) is 0 Å². The maximum atomic E-state index is 8.85. The Morgan fingerprint density at radius 3 is 2.94 bits per heavy atom. The quantitative estimate of drug-likeness (QED) is 0.646. The van der Waals surface area contributed by atoms with Gasteiger partial charge in [0.2, 0.25) is 0 Å². The molecule has 0 bridgehead atoms. The number of nitrogens with zero attached hydrogens (tertiary/aromatic N) is 5. The molecule has 0 aliphatic rings. The van der Waals surface area contributed by atoms with E-state index in [-0.39, 0.29) is 0 Å². The molecule has 0 saturated carbocycles. The average Bonchev–Trinajstić information content (AvgIpc) is 2.82. The van der Waals surface area contributed by atoms with Gasteiger partial charge in [-0.25, -0.2) is 0 Å².